The van der Waals surface area contributed by atoms with Crippen LogP contribution in [-0.2, 0) is 11.2 Å². The van der Waals surface area contributed by atoms with Gasteiger partial charge >= 0.3 is 5.97 Å². The fourth-order valence-electron chi connectivity index (χ4n) is 2.49. The molecule has 0 spiro atoms. The molecule has 2 rings (SSSR count). The Labute approximate surface area is 135 Å². The van der Waals surface area contributed by atoms with Gasteiger partial charge in [-0.05, 0) is 42.5 Å². The van der Waals surface area contributed by atoms with Crippen molar-refractivity contribution in [3.8, 4) is 5.75 Å². The molecule has 116 valence electrons. The third-order valence-corrected chi connectivity index (χ3v) is 3.97. The number of hydrogen-bond acceptors (Lipinski definition) is 2. The summed E-state index contributed by atoms with van der Waals surface area (Å²) in [6.07, 6.45) is 2.26. The van der Waals surface area contributed by atoms with Crippen LogP contribution in [0.15, 0.2) is 48.5 Å². The zero-order valence-corrected chi connectivity index (χ0v) is 13.2. The number of carboxylic acids is 1. The van der Waals surface area contributed by atoms with Gasteiger partial charge in [0, 0.05) is 0 Å². The van der Waals surface area contributed by atoms with Crippen molar-refractivity contribution in [2.75, 3.05) is 7.11 Å². The predicted molar refractivity (Wildman–Crippen MR) is 87.8 cm³/mol. The molecule has 1 atom stereocenters. The molecule has 0 saturated heterocycles. The van der Waals surface area contributed by atoms with E-state index in [9.17, 15) is 9.90 Å². The Bertz CT molecular complexity index is 625. The summed E-state index contributed by atoms with van der Waals surface area (Å²) in [6, 6.07) is 15.2. The molecule has 0 amide bonds. The Balaban J connectivity index is 2.04. The lowest BCUT2D eigenvalue weighted by atomic mass is 9.92. The molecule has 0 saturated carbocycles. The van der Waals surface area contributed by atoms with E-state index in [0.29, 0.717) is 22.8 Å². The minimum Gasteiger partial charge on any atom is -0.495 e. The fourth-order valence-corrected chi connectivity index (χ4v) is 2.75. The molecule has 0 heterocycles. The van der Waals surface area contributed by atoms with E-state index in [1.165, 1.54) is 12.7 Å². The standard InChI is InChI=1S/C18H19ClO3/c1-22-17-11-10-14(12-16(17)19)15(18(20)21)9-5-8-13-6-3-2-4-7-13/h2-4,6-7,10-12,15H,5,8-9H2,1H3,(H,20,21). The molecule has 0 bridgehead atoms. The number of rotatable bonds is 7. The number of carboxylic acid groups (broad SMARTS) is 1. The van der Waals surface area contributed by atoms with E-state index < -0.39 is 11.9 Å². The van der Waals surface area contributed by atoms with Crippen LogP contribution in [0.25, 0.3) is 0 Å². The minimum absolute atomic E-state index is 0.439. The average Bonchev–Trinajstić information content (AvgIpc) is 2.52. The number of ether oxygens (including phenoxy) is 1. The lowest BCUT2D eigenvalue weighted by Gasteiger charge is -2.14. The molecule has 0 aliphatic carbocycles. The highest BCUT2D eigenvalue weighted by Crippen LogP contribution is 2.30. The number of halogens is 1. The molecule has 1 unspecified atom stereocenters. The second-order valence-electron chi connectivity index (χ2n) is 5.16. The summed E-state index contributed by atoms with van der Waals surface area (Å²) in [5, 5.41) is 9.91. The summed E-state index contributed by atoms with van der Waals surface area (Å²) in [6.45, 7) is 0. The summed E-state index contributed by atoms with van der Waals surface area (Å²) >= 11 is 6.09. The van der Waals surface area contributed by atoms with Crippen LogP contribution in [-0.4, -0.2) is 18.2 Å². The first-order valence-corrected chi connectivity index (χ1v) is 7.59. The van der Waals surface area contributed by atoms with Crippen LogP contribution in [0.4, 0.5) is 0 Å². The normalized spacial score (nSPS) is 11.9. The monoisotopic (exact) mass is 318 g/mol. The number of methoxy groups -OCH3 is 1. The summed E-state index contributed by atoms with van der Waals surface area (Å²) < 4.78 is 5.10. The van der Waals surface area contributed by atoms with Crippen molar-refractivity contribution >= 4 is 17.6 Å². The molecule has 4 heteroatoms. The second-order valence-corrected chi connectivity index (χ2v) is 5.57. The van der Waals surface area contributed by atoms with Crippen LogP contribution in [0.3, 0.4) is 0 Å². The molecule has 2 aromatic carbocycles. The number of carbonyl (C=O) groups is 1. The van der Waals surface area contributed by atoms with Gasteiger partial charge in [0.15, 0.2) is 0 Å². The first-order chi connectivity index (χ1) is 10.6. The zero-order valence-electron chi connectivity index (χ0n) is 12.5. The highest BCUT2D eigenvalue weighted by Gasteiger charge is 2.20. The van der Waals surface area contributed by atoms with Gasteiger partial charge in [0.05, 0.1) is 18.1 Å². The first-order valence-electron chi connectivity index (χ1n) is 7.22. The Morgan fingerprint density at radius 2 is 1.95 bits per heavy atom. The fraction of sp³-hybridized carbons (Fsp3) is 0.278. The third kappa shape index (κ3) is 4.25. The molecule has 0 fully saturated rings. The van der Waals surface area contributed by atoms with E-state index in [2.05, 4.69) is 12.1 Å². The molecular formula is C18H19ClO3. The second kappa shape index (κ2) is 7.85. The largest absolute Gasteiger partial charge is 0.495 e. The maximum atomic E-state index is 11.5. The minimum atomic E-state index is -0.825. The van der Waals surface area contributed by atoms with Crippen LogP contribution in [0, 0.1) is 0 Å². The molecule has 0 radical (unpaired) electrons. The van der Waals surface area contributed by atoms with Gasteiger partial charge in [0.1, 0.15) is 5.75 Å². The maximum Gasteiger partial charge on any atom is 0.310 e. The van der Waals surface area contributed by atoms with Crippen molar-refractivity contribution < 1.29 is 14.6 Å². The molecule has 2 aromatic rings. The van der Waals surface area contributed by atoms with Crippen molar-refractivity contribution in [2.45, 2.75) is 25.2 Å². The lowest BCUT2D eigenvalue weighted by Crippen LogP contribution is -2.12. The van der Waals surface area contributed by atoms with Crippen molar-refractivity contribution in [2.24, 2.45) is 0 Å². The van der Waals surface area contributed by atoms with Gasteiger partial charge in [0.25, 0.3) is 0 Å². The number of aliphatic carboxylic acids is 1. The van der Waals surface area contributed by atoms with Gasteiger partial charge in [0.2, 0.25) is 0 Å². The summed E-state index contributed by atoms with van der Waals surface area (Å²) in [7, 11) is 1.54. The number of benzene rings is 2. The Kier molecular flexibility index (Phi) is 5.84. The molecule has 22 heavy (non-hydrogen) atoms. The third-order valence-electron chi connectivity index (χ3n) is 3.68. The highest BCUT2D eigenvalue weighted by molar-refractivity contribution is 6.32. The topological polar surface area (TPSA) is 46.5 Å². The van der Waals surface area contributed by atoms with Gasteiger partial charge < -0.3 is 9.84 Å². The van der Waals surface area contributed by atoms with Crippen LogP contribution < -0.4 is 4.74 Å². The molecule has 3 nitrogen and oxygen atoms in total. The van der Waals surface area contributed by atoms with Crippen LogP contribution >= 0.6 is 11.6 Å². The van der Waals surface area contributed by atoms with Crippen LogP contribution in [0.1, 0.15) is 29.9 Å². The smallest absolute Gasteiger partial charge is 0.310 e. The first kappa shape index (κ1) is 16.4. The molecule has 0 aromatic heterocycles. The maximum absolute atomic E-state index is 11.5. The molecule has 0 aliphatic rings. The average molecular weight is 319 g/mol. The van der Waals surface area contributed by atoms with Crippen molar-refractivity contribution in [1.82, 2.24) is 0 Å². The Morgan fingerprint density at radius 1 is 1.23 bits per heavy atom. The quantitative estimate of drug-likeness (QED) is 0.815. The van der Waals surface area contributed by atoms with E-state index in [4.69, 9.17) is 16.3 Å². The summed E-state index contributed by atoms with van der Waals surface area (Å²) in [5.41, 5.74) is 1.94. The molecule has 1 N–H and O–H groups in total. The van der Waals surface area contributed by atoms with E-state index >= 15 is 0 Å². The number of hydrogen-bond donors (Lipinski definition) is 1. The Morgan fingerprint density at radius 3 is 2.55 bits per heavy atom. The van der Waals surface area contributed by atoms with Crippen LogP contribution in [0.2, 0.25) is 5.02 Å². The SMILES string of the molecule is COc1ccc(C(CCCc2ccccc2)C(=O)O)cc1Cl. The van der Waals surface area contributed by atoms with Gasteiger partial charge in [-0.15, -0.1) is 0 Å². The van der Waals surface area contributed by atoms with Gasteiger partial charge in [-0.25, -0.2) is 0 Å². The van der Waals surface area contributed by atoms with Gasteiger partial charge in [-0.2, -0.15) is 0 Å². The Hall–Kier alpha value is -2.00. The van der Waals surface area contributed by atoms with Crippen molar-refractivity contribution in [1.29, 1.82) is 0 Å². The van der Waals surface area contributed by atoms with Gasteiger partial charge in [-0.1, -0.05) is 48.0 Å². The van der Waals surface area contributed by atoms with E-state index in [1.54, 1.807) is 18.2 Å². The lowest BCUT2D eigenvalue weighted by molar-refractivity contribution is -0.139. The van der Waals surface area contributed by atoms with Crippen molar-refractivity contribution in [3.05, 3.63) is 64.7 Å². The summed E-state index contributed by atoms with van der Waals surface area (Å²) in [4.78, 5) is 11.5. The van der Waals surface area contributed by atoms with E-state index in [-0.39, 0.29) is 0 Å². The number of aryl methyl sites for hydroxylation is 1. The predicted octanol–water partition coefficient (Wildman–Crippen LogP) is 4.54. The molecular weight excluding hydrogens is 300 g/mol. The summed E-state index contributed by atoms with van der Waals surface area (Å²) in [5.74, 6) is -0.819. The van der Waals surface area contributed by atoms with Crippen LogP contribution in [0.5, 0.6) is 5.75 Å². The molecule has 0 aliphatic heterocycles. The van der Waals surface area contributed by atoms with E-state index in [0.717, 1.165) is 12.8 Å². The van der Waals surface area contributed by atoms with E-state index in [1.807, 2.05) is 18.2 Å². The highest BCUT2D eigenvalue weighted by atomic mass is 35.5. The zero-order chi connectivity index (χ0) is 15.9. The van der Waals surface area contributed by atoms with Crippen molar-refractivity contribution in [3.63, 3.8) is 0 Å². The van der Waals surface area contributed by atoms with Gasteiger partial charge in [-0.3, -0.25) is 4.79 Å².